The van der Waals surface area contributed by atoms with Crippen LogP contribution >= 0.6 is 0 Å². The van der Waals surface area contributed by atoms with Crippen molar-refractivity contribution in [3.05, 3.63) is 192 Å². The highest BCUT2D eigenvalue weighted by Gasteiger charge is 2.45. The number of hydrogen-bond acceptors (Lipinski definition) is 3. The lowest BCUT2D eigenvalue weighted by molar-refractivity contribution is 0.434. The summed E-state index contributed by atoms with van der Waals surface area (Å²) in [6.45, 7) is 0. The first-order valence-electron chi connectivity index (χ1n) is 14.8. The van der Waals surface area contributed by atoms with Crippen molar-refractivity contribution in [2.75, 3.05) is 0 Å². The minimum atomic E-state index is -0.562. The Morgan fingerprint density at radius 3 is 1.43 bits per heavy atom. The van der Waals surface area contributed by atoms with Crippen molar-refractivity contribution in [1.82, 2.24) is 9.97 Å². The van der Waals surface area contributed by atoms with Crippen LogP contribution in [0.25, 0.3) is 33.9 Å². The third kappa shape index (κ3) is 4.29. The molecule has 8 rings (SSSR count). The molecular weight excluding hydrogens is 536 g/mol. The molecule has 3 nitrogen and oxygen atoms in total. The van der Waals surface area contributed by atoms with Crippen LogP contribution in [0.3, 0.4) is 0 Å². The summed E-state index contributed by atoms with van der Waals surface area (Å²) in [6, 6.07) is 58.8. The van der Waals surface area contributed by atoms with Gasteiger partial charge in [-0.1, -0.05) is 152 Å². The van der Waals surface area contributed by atoms with Crippen molar-refractivity contribution in [1.29, 1.82) is 0 Å². The normalized spacial score (nSPS) is 12.9. The molecule has 1 aliphatic heterocycles. The van der Waals surface area contributed by atoms with E-state index in [1.54, 1.807) is 0 Å². The van der Waals surface area contributed by atoms with Gasteiger partial charge in [0.1, 0.15) is 11.5 Å². The van der Waals surface area contributed by atoms with Crippen molar-refractivity contribution < 1.29 is 4.74 Å². The maximum absolute atomic E-state index is 6.71. The molecule has 0 bridgehead atoms. The minimum Gasteiger partial charge on any atom is -0.457 e. The van der Waals surface area contributed by atoms with E-state index in [2.05, 4.69) is 127 Å². The van der Waals surface area contributed by atoms with Gasteiger partial charge in [0.15, 0.2) is 5.82 Å². The molecule has 7 aromatic rings. The second-order valence-electron chi connectivity index (χ2n) is 11.0. The highest BCUT2D eigenvalue weighted by molar-refractivity contribution is 5.75. The summed E-state index contributed by atoms with van der Waals surface area (Å²) in [5.41, 5.74) is 8.75. The van der Waals surface area contributed by atoms with Crippen LogP contribution in [-0.4, -0.2) is 9.97 Å². The molecule has 0 N–H and O–H groups in total. The van der Waals surface area contributed by atoms with Crippen LogP contribution < -0.4 is 4.74 Å². The van der Waals surface area contributed by atoms with Gasteiger partial charge in [-0.05, 0) is 29.3 Å². The molecule has 3 heteroatoms. The van der Waals surface area contributed by atoms with Crippen molar-refractivity contribution in [3.63, 3.8) is 0 Å². The van der Waals surface area contributed by atoms with Crippen LogP contribution in [-0.2, 0) is 5.41 Å². The van der Waals surface area contributed by atoms with Crippen LogP contribution in [0, 0.1) is 0 Å². The number of rotatable bonds is 5. The Bertz CT molecular complexity index is 1980. The molecule has 1 aliphatic rings. The van der Waals surface area contributed by atoms with Gasteiger partial charge in [0.2, 0.25) is 0 Å². The molecule has 0 amide bonds. The van der Waals surface area contributed by atoms with Crippen molar-refractivity contribution in [3.8, 4) is 45.4 Å². The van der Waals surface area contributed by atoms with Gasteiger partial charge in [0.05, 0.1) is 16.8 Å². The van der Waals surface area contributed by atoms with Gasteiger partial charge in [0, 0.05) is 27.8 Å². The Kier molecular flexibility index (Phi) is 6.35. The molecule has 0 spiro atoms. The molecule has 0 fully saturated rings. The molecule has 0 aliphatic carbocycles. The van der Waals surface area contributed by atoms with Crippen LogP contribution in [0.15, 0.2) is 170 Å². The molecule has 0 saturated carbocycles. The standard InChI is InChI=1S/C41H28N2O/c1-5-15-29(16-6-1)36-28-37(30-17-7-2-8-18-30)43-40(42-36)31-25-26-35-39(27-31)44-38-24-14-13-23-34(38)41(35,32-19-9-3-10-20-32)33-21-11-4-12-22-33/h1-28H. The van der Waals surface area contributed by atoms with Gasteiger partial charge in [-0.25, -0.2) is 9.97 Å². The Balaban J connectivity index is 1.36. The zero-order valence-corrected chi connectivity index (χ0v) is 24.0. The summed E-state index contributed by atoms with van der Waals surface area (Å²) >= 11 is 0. The van der Waals surface area contributed by atoms with Gasteiger partial charge in [-0.3, -0.25) is 0 Å². The molecule has 6 aromatic carbocycles. The van der Waals surface area contributed by atoms with E-state index in [1.165, 1.54) is 11.1 Å². The lowest BCUT2D eigenvalue weighted by Gasteiger charge is -2.41. The molecule has 0 saturated heterocycles. The van der Waals surface area contributed by atoms with Crippen LogP contribution in [0.2, 0.25) is 0 Å². The second kappa shape index (κ2) is 10.8. The first-order chi connectivity index (χ1) is 21.8. The summed E-state index contributed by atoms with van der Waals surface area (Å²) in [6.07, 6.45) is 0. The van der Waals surface area contributed by atoms with Gasteiger partial charge < -0.3 is 4.74 Å². The molecule has 208 valence electrons. The van der Waals surface area contributed by atoms with Crippen LogP contribution in [0.5, 0.6) is 11.5 Å². The van der Waals surface area contributed by atoms with E-state index in [1.807, 2.05) is 42.5 Å². The topological polar surface area (TPSA) is 35.0 Å². The Labute approximate surface area is 257 Å². The predicted octanol–water partition coefficient (Wildman–Crippen LogP) is 9.97. The molecule has 2 heterocycles. The van der Waals surface area contributed by atoms with Crippen molar-refractivity contribution >= 4 is 0 Å². The number of nitrogens with zero attached hydrogens (tertiary/aromatic N) is 2. The SMILES string of the molecule is c1ccc(-c2cc(-c3ccccc3)nc(-c3ccc4c(c3)Oc3ccccc3C4(c3ccccc3)c3ccccc3)n2)cc1. The van der Waals surface area contributed by atoms with E-state index in [4.69, 9.17) is 14.7 Å². The number of fused-ring (bicyclic) bond motifs is 2. The average molecular weight is 565 g/mol. The zero-order chi connectivity index (χ0) is 29.3. The van der Waals surface area contributed by atoms with Crippen molar-refractivity contribution in [2.45, 2.75) is 5.41 Å². The van der Waals surface area contributed by atoms with E-state index in [9.17, 15) is 0 Å². The van der Waals surface area contributed by atoms with Gasteiger partial charge in [-0.15, -0.1) is 0 Å². The van der Waals surface area contributed by atoms with Gasteiger partial charge in [-0.2, -0.15) is 0 Å². The van der Waals surface area contributed by atoms with Crippen molar-refractivity contribution in [2.24, 2.45) is 0 Å². The Hall–Kier alpha value is -5.80. The molecule has 1 aromatic heterocycles. The van der Waals surface area contributed by atoms with Gasteiger partial charge in [0.25, 0.3) is 0 Å². The fourth-order valence-corrected chi connectivity index (χ4v) is 6.44. The highest BCUT2D eigenvalue weighted by Crippen LogP contribution is 2.55. The lowest BCUT2D eigenvalue weighted by Crippen LogP contribution is -2.34. The summed E-state index contributed by atoms with van der Waals surface area (Å²) in [5, 5.41) is 0. The first-order valence-corrected chi connectivity index (χ1v) is 14.8. The quantitative estimate of drug-likeness (QED) is 0.209. The minimum absolute atomic E-state index is 0.562. The fraction of sp³-hybridized carbons (Fsp3) is 0.0244. The monoisotopic (exact) mass is 564 g/mol. The average Bonchev–Trinajstić information content (AvgIpc) is 3.11. The predicted molar refractivity (Wildman–Crippen MR) is 177 cm³/mol. The number of hydrogen-bond donors (Lipinski definition) is 0. The van der Waals surface area contributed by atoms with E-state index >= 15 is 0 Å². The smallest absolute Gasteiger partial charge is 0.160 e. The summed E-state index contributed by atoms with van der Waals surface area (Å²) in [7, 11) is 0. The largest absolute Gasteiger partial charge is 0.457 e. The van der Waals surface area contributed by atoms with E-state index in [0.29, 0.717) is 5.82 Å². The second-order valence-corrected chi connectivity index (χ2v) is 11.0. The molecule has 44 heavy (non-hydrogen) atoms. The van der Waals surface area contributed by atoms with E-state index in [0.717, 1.165) is 50.7 Å². The number of aromatic nitrogens is 2. The van der Waals surface area contributed by atoms with E-state index < -0.39 is 5.41 Å². The molecule has 0 atom stereocenters. The maximum atomic E-state index is 6.71. The molecular formula is C41H28N2O. The van der Waals surface area contributed by atoms with Crippen LogP contribution in [0.1, 0.15) is 22.3 Å². The highest BCUT2D eigenvalue weighted by atomic mass is 16.5. The third-order valence-electron chi connectivity index (χ3n) is 8.43. The summed E-state index contributed by atoms with van der Waals surface area (Å²) in [5.74, 6) is 2.29. The lowest BCUT2D eigenvalue weighted by atomic mass is 9.63. The zero-order valence-electron chi connectivity index (χ0n) is 24.0. The summed E-state index contributed by atoms with van der Waals surface area (Å²) < 4.78 is 6.71. The number of benzene rings is 6. The number of ether oxygens (including phenoxy) is 1. The van der Waals surface area contributed by atoms with Crippen LogP contribution in [0.4, 0.5) is 0 Å². The third-order valence-corrected chi connectivity index (χ3v) is 8.43. The maximum Gasteiger partial charge on any atom is 0.160 e. The molecule has 0 radical (unpaired) electrons. The Morgan fingerprint density at radius 2 is 0.864 bits per heavy atom. The van der Waals surface area contributed by atoms with E-state index in [-0.39, 0.29) is 0 Å². The summed E-state index contributed by atoms with van der Waals surface area (Å²) in [4.78, 5) is 10.2. The molecule has 0 unspecified atom stereocenters. The van der Waals surface area contributed by atoms with Gasteiger partial charge >= 0.3 is 0 Å². The Morgan fingerprint density at radius 1 is 0.386 bits per heavy atom. The fourth-order valence-electron chi connectivity index (χ4n) is 6.44. The number of para-hydroxylation sites is 1. The first kappa shape index (κ1) is 25.9.